The average Bonchev–Trinajstić information content (AvgIpc) is 2.73. The SMILES string of the molecule is COc1ccc(C)cc1[N+](=O)[O-].COc1ccc(CBr)cc1[N+](=O)[O-].ClC(Cl)(Cl)Cl.[B]=NS. The molecule has 1 radical (unpaired) electrons. The molecule has 2 aromatic carbocycles. The number of ether oxygens (including phenoxy) is 2. The molecule has 2 rings (SSSR count). The third-order valence-electron chi connectivity index (χ3n) is 3.13. The first-order chi connectivity index (χ1) is 15.2. The summed E-state index contributed by atoms with van der Waals surface area (Å²) in [5.74, 6) is 0.584. The van der Waals surface area contributed by atoms with Crippen LogP contribution in [0.5, 0.6) is 11.5 Å². The normalized spacial score (nSPS) is 9.45. The zero-order valence-electron chi connectivity index (χ0n) is 17.4. The number of rotatable bonds is 5. The number of aryl methyl sites for hydroxylation is 1. The van der Waals surface area contributed by atoms with Crippen LogP contribution in [0.2, 0.25) is 0 Å². The number of thiol groups is 1. The third kappa shape index (κ3) is 16.9. The second kappa shape index (κ2) is 18.1. The van der Waals surface area contributed by atoms with Gasteiger partial charge in [-0.15, -0.1) is 0 Å². The van der Waals surface area contributed by atoms with Crippen LogP contribution in [-0.4, -0.2) is 35.0 Å². The van der Waals surface area contributed by atoms with E-state index >= 15 is 0 Å². The van der Waals surface area contributed by atoms with Crippen LogP contribution in [0.3, 0.4) is 0 Å². The van der Waals surface area contributed by atoms with Crippen LogP contribution in [0, 0.1) is 27.2 Å². The molecule has 0 saturated heterocycles. The summed E-state index contributed by atoms with van der Waals surface area (Å²) in [5.41, 5.74) is 1.71. The van der Waals surface area contributed by atoms with Crippen molar-refractivity contribution < 1.29 is 19.3 Å². The molecule has 0 amide bonds. The van der Waals surface area contributed by atoms with Gasteiger partial charge in [-0.25, -0.2) is 0 Å². The van der Waals surface area contributed by atoms with Gasteiger partial charge in [0, 0.05) is 17.5 Å². The van der Waals surface area contributed by atoms with E-state index in [0.29, 0.717) is 11.1 Å². The van der Waals surface area contributed by atoms with Crippen LogP contribution < -0.4 is 9.47 Å². The molecule has 0 unspecified atom stereocenters. The zero-order chi connectivity index (χ0) is 26.2. The molecular weight excluding hydrogens is 607 g/mol. The fourth-order valence-corrected chi connectivity index (χ4v) is 2.25. The number of hydrogen-bond donors (Lipinski definition) is 1. The van der Waals surface area contributed by atoms with Crippen molar-refractivity contribution in [2.24, 2.45) is 4.30 Å². The summed E-state index contributed by atoms with van der Waals surface area (Å²) in [5, 5.41) is 21.6. The molecule has 9 nitrogen and oxygen atoms in total. The van der Waals surface area contributed by atoms with Gasteiger partial charge in [-0.1, -0.05) is 74.5 Å². The molecule has 0 N–H and O–H groups in total. The van der Waals surface area contributed by atoms with E-state index in [-0.39, 0.29) is 17.1 Å². The maximum absolute atomic E-state index is 10.6. The number of hydrogen-bond acceptors (Lipinski definition) is 8. The monoisotopic (exact) mass is 622 g/mol. The van der Waals surface area contributed by atoms with E-state index in [0.717, 1.165) is 11.1 Å². The van der Waals surface area contributed by atoms with Crippen molar-refractivity contribution in [2.45, 2.75) is 15.5 Å². The van der Waals surface area contributed by atoms with Gasteiger partial charge in [0.1, 0.15) is 0 Å². The summed E-state index contributed by atoms with van der Waals surface area (Å²) >= 11 is 25.7. The Labute approximate surface area is 225 Å². The first kappa shape index (κ1) is 33.9. The van der Waals surface area contributed by atoms with Crippen LogP contribution in [0.4, 0.5) is 11.4 Å². The number of alkyl halides is 5. The number of halogens is 5. The molecule has 0 fully saturated rings. The van der Waals surface area contributed by atoms with Gasteiger partial charge in [0.15, 0.2) is 11.5 Å². The molecule has 33 heavy (non-hydrogen) atoms. The number of nitro benzene ring substituents is 2. The van der Waals surface area contributed by atoms with Crippen molar-refractivity contribution in [3.8, 4) is 11.5 Å². The molecule has 0 spiro atoms. The van der Waals surface area contributed by atoms with Gasteiger partial charge in [0.25, 0.3) is 3.25 Å². The Morgan fingerprint density at radius 1 is 1.00 bits per heavy atom. The second-order valence-electron chi connectivity index (χ2n) is 5.37. The van der Waals surface area contributed by atoms with Crippen molar-refractivity contribution in [2.75, 3.05) is 14.2 Å². The van der Waals surface area contributed by atoms with Crippen LogP contribution in [0.1, 0.15) is 11.1 Å². The average molecular weight is 625 g/mol. The van der Waals surface area contributed by atoms with Crippen molar-refractivity contribution in [1.29, 1.82) is 0 Å². The molecule has 0 aliphatic carbocycles. The predicted molar refractivity (Wildman–Crippen MR) is 140 cm³/mol. The van der Waals surface area contributed by atoms with Gasteiger partial charge in [-0.3, -0.25) is 20.2 Å². The molecule has 16 heteroatoms. The van der Waals surface area contributed by atoms with Crippen molar-refractivity contribution >= 4 is 94.2 Å². The maximum atomic E-state index is 10.6. The molecule has 0 saturated carbocycles. The van der Waals surface area contributed by atoms with E-state index < -0.39 is 13.1 Å². The Hall–Kier alpha value is -1.31. The standard InChI is InChI=1S/C8H8BrNO3.C8H9NO3.CCl4.BHNS/c1-13-8-3-2-6(5-9)4-7(8)10(11)12;1-6-3-4-8(12-2)7(5-6)9(10)11;2-1(3,4)5;1-2-3/h2-4H,5H2,1H3;3-5H,1-2H3;;3H. The minimum absolute atomic E-state index is 0.000509. The Bertz CT molecular complexity index is 919. The Morgan fingerprint density at radius 2 is 1.36 bits per heavy atom. The van der Waals surface area contributed by atoms with E-state index in [1.807, 2.05) is 0 Å². The van der Waals surface area contributed by atoms with Gasteiger partial charge >= 0.3 is 36.1 Å². The van der Waals surface area contributed by atoms with Crippen LogP contribution >= 0.6 is 75.1 Å². The first-order valence-electron chi connectivity index (χ1n) is 8.21. The van der Waals surface area contributed by atoms with Gasteiger partial charge < -0.3 is 9.47 Å². The summed E-state index contributed by atoms with van der Waals surface area (Å²) in [7, 11) is 7.16. The zero-order valence-corrected chi connectivity index (χ0v) is 22.9. The molecule has 0 aromatic heterocycles. The number of benzene rings is 2. The van der Waals surface area contributed by atoms with E-state index in [1.54, 1.807) is 31.2 Å². The van der Waals surface area contributed by atoms with E-state index in [4.69, 9.17) is 55.9 Å². The van der Waals surface area contributed by atoms with Crippen LogP contribution in [-0.2, 0) is 5.33 Å². The van der Waals surface area contributed by atoms with Crippen LogP contribution in [0.15, 0.2) is 40.7 Å². The fraction of sp³-hybridized carbons (Fsp3) is 0.294. The van der Waals surface area contributed by atoms with Crippen molar-refractivity contribution in [1.82, 2.24) is 0 Å². The Morgan fingerprint density at radius 3 is 1.70 bits per heavy atom. The van der Waals surface area contributed by atoms with Gasteiger partial charge in [0.05, 0.1) is 24.1 Å². The molecular formula is C17H18BBrCl4N3O6S. The predicted octanol–water partition coefficient (Wildman–Crippen LogP) is 7.15. The summed E-state index contributed by atoms with van der Waals surface area (Å²) in [6.07, 6.45) is 0. The van der Waals surface area contributed by atoms with Gasteiger partial charge in [-0.05, 0) is 30.2 Å². The Balaban J connectivity index is 0. The summed E-state index contributed by atoms with van der Waals surface area (Å²) in [6.45, 7) is 1.80. The molecule has 0 heterocycles. The molecule has 0 bridgehead atoms. The van der Waals surface area contributed by atoms with E-state index in [2.05, 4.69) is 40.7 Å². The molecule has 181 valence electrons. The summed E-state index contributed by atoms with van der Waals surface area (Å²) in [4.78, 5) is 20.1. The fourth-order valence-electron chi connectivity index (χ4n) is 1.90. The van der Waals surface area contributed by atoms with Crippen molar-refractivity contribution in [3.63, 3.8) is 0 Å². The molecule has 2 aromatic rings. The van der Waals surface area contributed by atoms with E-state index in [1.165, 1.54) is 26.4 Å². The number of nitrogens with zero attached hydrogens (tertiary/aromatic N) is 3. The second-order valence-corrected chi connectivity index (χ2v) is 9.59. The quantitative estimate of drug-likeness (QED) is 0.124. The Kier molecular flexibility index (Phi) is 18.6. The van der Waals surface area contributed by atoms with Crippen LogP contribution in [0.25, 0.3) is 0 Å². The number of nitro groups is 2. The molecule has 0 aliphatic rings. The van der Waals surface area contributed by atoms with Gasteiger partial charge in [-0.2, -0.15) is 0 Å². The third-order valence-corrected chi connectivity index (χ3v) is 3.77. The summed E-state index contributed by atoms with van der Waals surface area (Å²) in [6, 6.07) is 9.71. The minimum atomic E-state index is -1.61. The molecule has 0 aliphatic heterocycles. The van der Waals surface area contributed by atoms with E-state index in [9.17, 15) is 20.2 Å². The molecule has 0 atom stereocenters. The number of methoxy groups -OCH3 is 2. The summed E-state index contributed by atoms with van der Waals surface area (Å²) < 4.78 is 10.8. The topological polar surface area (TPSA) is 117 Å². The first-order valence-corrected chi connectivity index (χ1v) is 11.2. The van der Waals surface area contributed by atoms with Gasteiger partial charge in [0.2, 0.25) is 0 Å². The van der Waals surface area contributed by atoms with Crippen molar-refractivity contribution in [3.05, 3.63) is 67.8 Å².